The van der Waals surface area contributed by atoms with E-state index in [0.29, 0.717) is 12.2 Å². The summed E-state index contributed by atoms with van der Waals surface area (Å²) in [5, 5.41) is -0.148. The average molecular weight is 164 g/mol. The van der Waals surface area contributed by atoms with E-state index in [4.69, 9.17) is 0 Å². The van der Waals surface area contributed by atoms with Crippen molar-refractivity contribution in [2.24, 2.45) is 0 Å². The van der Waals surface area contributed by atoms with E-state index in [0.717, 1.165) is 19.1 Å². The molecule has 0 bridgehead atoms. The molecule has 0 aliphatic carbocycles. The molecule has 0 aromatic carbocycles. The van der Waals surface area contributed by atoms with Gasteiger partial charge in [0.1, 0.15) is 6.29 Å². The van der Waals surface area contributed by atoms with Crippen LogP contribution >= 0.6 is 10.6 Å². The van der Waals surface area contributed by atoms with Gasteiger partial charge in [0.2, 0.25) is 0 Å². The first-order valence-electron chi connectivity index (χ1n) is 3.35. The van der Waals surface area contributed by atoms with E-state index in [9.17, 15) is 13.9 Å². The highest BCUT2D eigenvalue weighted by atomic mass is 32.3. The average Bonchev–Trinajstić information content (AvgIpc) is 2.13. The summed E-state index contributed by atoms with van der Waals surface area (Å²) >= 11 is 0. The molecular formula is C6H12O3S. The summed E-state index contributed by atoms with van der Waals surface area (Å²) in [6.45, 7) is 0. The Bertz CT molecular complexity index is 135. The van der Waals surface area contributed by atoms with E-state index in [1.54, 1.807) is 0 Å². The first kappa shape index (κ1) is 8.04. The van der Waals surface area contributed by atoms with Crippen molar-refractivity contribution in [3.63, 3.8) is 0 Å². The van der Waals surface area contributed by atoms with Crippen LogP contribution in [0.3, 0.4) is 0 Å². The predicted octanol–water partition coefficient (Wildman–Crippen LogP) is 1.49. The van der Waals surface area contributed by atoms with Gasteiger partial charge in [-0.3, -0.25) is 9.11 Å². The fourth-order valence-corrected chi connectivity index (χ4v) is 3.11. The molecule has 1 saturated heterocycles. The Labute approximate surface area is 61.8 Å². The molecule has 4 heteroatoms. The maximum absolute atomic E-state index is 10.0. The van der Waals surface area contributed by atoms with E-state index in [1.807, 2.05) is 0 Å². The lowest BCUT2D eigenvalue weighted by Crippen LogP contribution is -2.12. The van der Waals surface area contributed by atoms with E-state index >= 15 is 0 Å². The minimum absolute atomic E-state index is 0.148. The molecule has 1 atom stereocenters. The molecule has 1 fully saturated rings. The molecule has 0 aromatic rings. The molecule has 0 radical (unpaired) electrons. The number of rotatable bonds is 2. The van der Waals surface area contributed by atoms with E-state index in [2.05, 4.69) is 0 Å². The molecule has 1 heterocycles. The fourth-order valence-electron chi connectivity index (χ4n) is 1.26. The van der Waals surface area contributed by atoms with Gasteiger partial charge in [-0.05, 0) is 12.8 Å². The smallest absolute Gasteiger partial charge is 0.121 e. The zero-order chi connectivity index (χ0) is 7.61. The normalized spacial score (nSPS) is 33.6. The van der Waals surface area contributed by atoms with Gasteiger partial charge in [-0.25, -0.2) is 0 Å². The molecule has 0 spiro atoms. The van der Waals surface area contributed by atoms with Crippen molar-refractivity contribution in [2.45, 2.75) is 24.5 Å². The van der Waals surface area contributed by atoms with Crippen LogP contribution in [0.4, 0.5) is 0 Å². The number of carbonyl (C=O) groups is 1. The van der Waals surface area contributed by atoms with E-state index in [1.165, 1.54) is 0 Å². The Hall–Kier alpha value is -0.0600. The number of carbonyl (C=O) groups excluding carboxylic acids is 1. The Morgan fingerprint density at radius 3 is 2.70 bits per heavy atom. The van der Waals surface area contributed by atoms with Gasteiger partial charge in [0.15, 0.2) is 0 Å². The van der Waals surface area contributed by atoms with Crippen LogP contribution in [0.5, 0.6) is 0 Å². The minimum Gasteiger partial charge on any atom is -0.303 e. The standard InChI is InChI=1S/C6H12O3S/c7-4-3-6-2-1-5-10(6,8)9/h4,6,8-9H,1-3,5H2. The summed E-state index contributed by atoms with van der Waals surface area (Å²) in [6.07, 6.45) is 2.72. The highest BCUT2D eigenvalue weighted by molar-refractivity contribution is 8.25. The molecule has 0 saturated carbocycles. The first-order valence-corrected chi connectivity index (χ1v) is 5.13. The second kappa shape index (κ2) is 2.90. The summed E-state index contributed by atoms with van der Waals surface area (Å²) in [6, 6.07) is 0. The number of hydrogen-bond acceptors (Lipinski definition) is 3. The Morgan fingerprint density at radius 1 is 1.60 bits per heavy atom. The van der Waals surface area contributed by atoms with Crippen LogP contribution in [0.15, 0.2) is 0 Å². The third-order valence-corrected chi connectivity index (χ3v) is 4.25. The Morgan fingerprint density at radius 2 is 2.30 bits per heavy atom. The van der Waals surface area contributed by atoms with Gasteiger partial charge in [0.25, 0.3) is 0 Å². The maximum Gasteiger partial charge on any atom is 0.121 e. The molecule has 1 aliphatic heterocycles. The molecular weight excluding hydrogens is 152 g/mol. The summed E-state index contributed by atoms with van der Waals surface area (Å²) in [5.74, 6) is 0.492. The molecule has 10 heavy (non-hydrogen) atoms. The van der Waals surface area contributed by atoms with Crippen LogP contribution in [0.25, 0.3) is 0 Å². The molecule has 1 unspecified atom stereocenters. The highest BCUT2D eigenvalue weighted by Gasteiger charge is 2.30. The Kier molecular flexibility index (Phi) is 2.33. The lowest BCUT2D eigenvalue weighted by atomic mass is 10.2. The predicted molar refractivity (Wildman–Crippen MR) is 41.4 cm³/mol. The third kappa shape index (κ3) is 1.51. The van der Waals surface area contributed by atoms with Gasteiger partial charge in [0, 0.05) is 12.2 Å². The van der Waals surface area contributed by atoms with Gasteiger partial charge in [-0.2, -0.15) is 10.6 Å². The second-order valence-electron chi connectivity index (χ2n) is 2.59. The molecule has 3 nitrogen and oxygen atoms in total. The monoisotopic (exact) mass is 164 g/mol. The third-order valence-electron chi connectivity index (χ3n) is 1.86. The Balaban J connectivity index is 2.50. The van der Waals surface area contributed by atoms with Crippen LogP contribution in [-0.2, 0) is 4.79 Å². The van der Waals surface area contributed by atoms with E-state index in [-0.39, 0.29) is 5.25 Å². The van der Waals surface area contributed by atoms with Crippen molar-refractivity contribution >= 4 is 16.9 Å². The van der Waals surface area contributed by atoms with Crippen LogP contribution in [-0.4, -0.2) is 26.4 Å². The fraction of sp³-hybridized carbons (Fsp3) is 0.833. The van der Waals surface area contributed by atoms with Crippen molar-refractivity contribution in [2.75, 3.05) is 5.75 Å². The zero-order valence-corrected chi connectivity index (χ0v) is 6.51. The van der Waals surface area contributed by atoms with Crippen molar-refractivity contribution in [3.05, 3.63) is 0 Å². The summed E-state index contributed by atoms with van der Waals surface area (Å²) < 4.78 is 18.5. The molecule has 1 aliphatic rings. The largest absolute Gasteiger partial charge is 0.303 e. The van der Waals surface area contributed by atoms with Crippen molar-refractivity contribution in [3.8, 4) is 0 Å². The summed E-state index contributed by atoms with van der Waals surface area (Å²) in [4.78, 5) is 10.0. The number of aldehydes is 1. The quantitative estimate of drug-likeness (QED) is 0.608. The molecule has 2 N–H and O–H groups in total. The van der Waals surface area contributed by atoms with Gasteiger partial charge >= 0.3 is 0 Å². The summed E-state index contributed by atoms with van der Waals surface area (Å²) in [7, 11) is -2.38. The minimum atomic E-state index is -2.38. The van der Waals surface area contributed by atoms with Crippen molar-refractivity contribution in [1.82, 2.24) is 0 Å². The van der Waals surface area contributed by atoms with Crippen LogP contribution in [0, 0.1) is 0 Å². The van der Waals surface area contributed by atoms with Gasteiger partial charge < -0.3 is 4.79 Å². The van der Waals surface area contributed by atoms with Crippen LogP contribution in [0.2, 0.25) is 0 Å². The lowest BCUT2D eigenvalue weighted by Gasteiger charge is -2.32. The van der Waals surface area contributed by atoms with Crippen molar-refractivity contribution < 1.29 is 13.9 Å². The molecule has 60 valence electrons. The van der Waals surface area contributed by atoms with Crippen LogP contribution in [0.1, 0.15) is 19.3 Å². The zero-order valence-electron chi connectivity index (χ0n) is 5.69. The number of hydrogen-bond donors (Lipinski definition) is 2. The summed E-state index contributed by atoms with van der Waals surface area (Å²) in [5.41, 5.74) is 0. The topological polar surface area (TPSA) is 57.5 Å². The first-order chi connectivity index (χ1) is 4.67. The highest BCUT2D eigenvalue weighted by Crippen LogP contribution is 2.53. The molecule has 0 amide bonds. The van der Waals surface area contributed by atoms with Gasteiger partial charge in [-0.1, -0.05) is 0 Å². The maximum atomic E-state index is 10.0. The SMILES string of the molecule is O=CCC1CCCS1(O)O. The lowest BCUT2D eigenvalue weighted by molar-refractivity contribution is -0.107. The van der Waals surface area contributed by atoms with Gasteiger partial charge in [-0.15, -0.1) is 0 Å². The van der Waals surface area contributed by atoms with E-state index < -0.39 is 10.6 Å². The molecule has 0 aromatic heterocycles. The second-order valence-corrected chi connectivity index (χ2v) is 5.10. The van der Waals surface area contributed by atoms with Gasteiger partial charge in [0.05, 0.1) is 5.25 Å². The van der Waals surface area contributed by atoms with Crippen LogP contribution < -0.4 is 0 Å². The molecule has 1 rings (SSSR count). The van der Waals surface area contributed by atoms with Crippen molar-refractivity contribution in [1.29, 1.82) is 0 Å².